The minimum Gasteiger partial charge on any atom is -0.329 e. The lowest BCUT2D eigenvalue weighted by atomic mass is 9.83. The summed E-state index contributed by atoms with van der Waals surface area (Å²) in [6.07, 6.45) is 11.1. The lowest BCUT2D eigenvalue weighted by Gasteiger charge is -2.47. The van der Waals surface area contributed by atoms with Gasteiger partial charge in [0.05, 0.1) is 0 Å². The zero-order chi connectivity index (χ0) is 12.6. The van der Waals surface area contributed by atoms with Crippen molar-refractivity contribution in [2.45, 2.75) is 69.0 Å². The SMILES string of the molecule is CN(C1CCCCC1)C1(CN)CCN2CCCC21. The number of fused-ring (bicyclic) bond motifs is 1. The topological polar surface area (TPSA) is 32.5 Å². The maximum absolute atomic E-state index is 6.26. The van der Waals surface area contributed by atoms with Gasteiger partial charge in [-0.15, -0.1) is 0 Å². The molecular weight excluding hydrogens is 222 g/mol. The molecule has 2 atom stereocenters. The standard InChI is InChI=1S/C15H29N3/c1-17(13-6-3-2-4-7-13)15(12-16)9-11-18-10-5-8-14(15)18/h13-14H,2-12,16H2,1H3. The fourth-order valence-corrected chi connectivity index (χ4v) is 4.83. The Labute approximate surface area is 112 Å². The zero-order valence-corrected chi connectivity index (χ0v) is 11.9. The second kappa shape index (κ2) is 5.10. The van der Waals surface area contributed by atoms with Crippen molar-refractivity contribution in [3.63, 3.8) is 0 Å². The Hall–Kier alpha value is -0.120. The molecule has 0 aromatic heterocycles. The van der Waals surface area contributed by atoms with Crippen LogP contribution in [0, 0.1) is 0 Å². The Morgan fingerprint density at radius 1 is 1.11 bits per heavy atom. The van der Waals surface area contributed by atoms with Crippen molar-refractivity contribution in [3.05, 3.63) is 0 Å². The van der Waals surface area contributed by atoms with E-state index in [-0.39, 0.29) is 0 Å². The first kappa shape index (κ1) is 12.9. The van der Waals surface area contributed by atoms with Crippen molar-refractivity contribution >= 4 is 0 Å². The minimum absolute atomic E-state index is 0.290. The molecule has 3 nitrogen and oxygen atoms in total. The quantitative estimate of drug-likeness (QED) is 0.830. The van der Waals surface area contributed by atoms with E-state index in [2.05, 4.69) is 16.8 Å². The molecule has 2 unspecified atom stereocenters. The third kappa shape index (κ3) is 1.91. The van der Waals surface area contributed by atoms with Gasteiger partial charge in [0, 0.05) is 30.7 Å². The number of nitrogens with zero attached hydrogens (tertiary/aromatic N) is 2. The molecule has 0 radical (unpaired) electrons. The van der Waals surface area contributed by atoms with Gasteiger partial charge in [0.25, 0.3) is 0 Å². The molecule has 104 valence electrons. The van der Waals surface area contributed by atoms with E-state index in [1.54, 1.807) is 0 Å². The molecule has 3 aliphatic rings. The summed E-state index contributed by atoms with van der Waals surface area (Å²) in [6.45, 7) is 3.44. The summed E-state index contributed by atoms with van der Waals surface area (Å²) in [5.74, 6) is 0. The average Bonchev–Trinajstić information content (AvgIpc) is 3.01. The fourth-order valence-electron chi connectivity index (χ4n) is 4.83. The van der Waals surface area contributed by atoms with Crippen LogP contribution in [0.5, 0.6) is 0 Å². The normalized spacial score (nSPS) is 38.5. The summed E-state index contributed by atoms with van der Waals surface area (Å²) in [6, 6.07) is 1.54. The predicted molar refractivity (Wildman–Crippen MR) is 75.6 cm³/mol. The Balaban J connectivity index is 1.77. The number of nitrogens with two attached hydrogens (primary N) is 1. The third-order valence-corrected chi connectivity index (χ3v) is 5.99. The van der Waals surface area contributed by atoms with E-state index >= 15 is 0 Å². The Morgan fingerprint density at radius 2 is 1.89 bits per heavy atom. The zero-order valence-electron chi connectivity index (χ0n) is 11.9. The number of hydrogen-bond donors (Lipinski definition) is 1. The first-order valence-corrected chi connectivity index (χ1v) is 7.95. The van der Waals surface area contributed by atoms with Gasteiger partial charge in [-0.1, -0.05) is 19.3 Å². The maximum Gasteiger partial charge on any atom is 0.0498 e. The molecule has 1 aliphatic carbocycles. The van der Waals surface area contributed by atoms with Gasteiger partial charge in [-0.3, -0.25) is 9.80 Å². The lowest BCUT2D eigenvalue weighted by Crippen LogP contribution is -2.61. The van der Waals surface area contributed by atoms with Crippen LogP contribution < -0.4 is 5.73 Å². The van der Waals surface area contributed by atoms with Crippen LogP contribution in [0.1, 0.15) is 51.4 Å². The molecule has 0 aromatic rings. The second-order valence-corrected chi connectivity index (χ2v) is 6.65. The van der Waals surface area contributed by atoms with Crippen molar-refractivity contribution in [2.75, 3.05) is 26.7 Å². The van der Waals surface area contributed by atoms with E-state index in [4.69, 9.17) is 5.73 Å². The van der Waals surface area contributed by atoms with Crippen LogP contribution in [-0.2, 0) is 0 Å². The molecule has 2 N–H and O–H groups in total. The predicted octanol–water partition coefficient (Wildman–Crippen LogP) is 1.82. The molecule has 0 spiro atoms. The molecule has 1 saturated carbocycles. The Morgan fingerprint density at radius 3 is 2.61 bits per heavy atom. The third-order valence-electron chi connectivity index (χ3n) is 5.99. The summed E-state index contributed by atoms with van der Waals surface area (Å²) in [5.41, 5.74) is 6.55. The smallest absolute Gasteiger partial charge is 0.0498 e. The molecule has 0 bridgehead atoms. The molecule has 3 fully saturated rings. The van der Waals surface area contributed by atoms with Crippen LogP contribution in [0.4, 0.5) is 0 Å². The van der Waals surface area contributed by atoms with E-state index < -0.39 is 0 Å². The highest BCUT2D eigenvalue weighted by atomic mass is 15.3. The van der Waals surface area contributed by atoms with Gasteiger partial charge in [-0.2, -0.15) is 0 Å². The lowest BCUT2D eigenvalue weighted by molar-refractivity contribution is 0.0359. The highest BCUT2D eigenvalue weighted by Crippen LogP contribution is 2.41. The molecule has 0 amide bonds. The highest BCUT2D eigenvalue weighted by molar-refractivity contribution is 5.10. The summed E-state index contributed by atoms with van der Waals surface area (Å²) in [4.78, 5) is 5.41. The van der Waals surface area contributed by atoms with Gasteiger partial charge in [-0.05, 0) is 45.7 Å². The van der Waals surface area contributed by atoms with Crippen LogP contribution in [0.2, 0.25) is 0 Å². The average molecular weight is 251 g/mol. The van der Waals surface area contributed by atoms with E-state index in [0.29, 0.717) is 5.54 Å². The fraction of sp³-hybridized carbons (Fsp3) is 1.00. The molecule has 0 aromatic carbocycles. The monoisotopic (exact) mass is 251 g/mol. The van der Waals surface area contributed by atoms with E-state index in [1.807, 2.05) is 0 Å². The van der Waals surface area contributed by atoms with Crippen molar-refractivity contribution in [1.82, 2.24) is 9.80 Å². The van der Waals surface area contributed by atoms with Crippen LogP contribution in [-0.4, -0.2) is 54.1 Å². The maximum atomic E-state index is 6.26. The van der Waals surface area contributed by atoms with Crippen molar-refractivity contribution in [3.8, 4) is 0 Å². The number of likely N-dealkylation sites (N-methyl/N-ethyl adjacent to an activating group) is 1. The summed E-state index contributed by atoms with van der Waals surface area (Å²) < 4.78 is 0. The van der Waals surface area contributed by atoms with E-state index in [9.17, 15) is 0 Å². The number of rotatable bonds is 3. The summed E-state index contributed by atoms with van der Waals surface area (Å²) >= 11 is 0. The Kier molecular flexibility index (Phi) is 3.65. The first-order chi connectivity index (χ1) is 8.78. The van der Waals surface area contributed by atoms with Gasteiger partial charge >= 0.3 is 0 Å². The molecule has 3 rings (SSSR count). The van der Waals surface area contributed by atoms with Crippen molar-refractivity contribution in [1.29, 1.82) is 0 Å². The summed E-state index contributed by atoms with van der Waals surface area (Å²) in [5, 5.41) is 0. The van der Waals surface area contributed by atoms with Crippen molar-refractivity contribution < 1.29 is 0 Å². The molecular formula is C15H29N3. The highest BCUT2D eigenvalue weighted by Gasteiger charge is 2.51. The number of hydrogen-bond acceptors (Lipinski definition) is 3. The van der Waals surface area contributed by atoms with E-state index in [0.717, 1.165) is 18.6 Å². The van der Waals surface area contributed by atoms with Gasteiger partial charge in [0.15, 0.2) is 0 Å². The van der Waals surface area contributed by atoms with Gasteiger partial charge in [-0.25, -0.2) is 0 Å². The molecule has 2 heterocycles. The molecule has 3 heteroatoms. The Bertz CT molecular complexity index is 287. The first-order valence-electron chi connectivity index (χ1n) is 7.95. The van der Waals surface area contributed by atoms with E-state index in [1.165, 1.54) is 64.5 Å². The van der Waals surface area contributed by atoms with Crippen LogP contribution in [0.25, 0.3) is 0 Å². The van der Waals surface area contributed by atoms with Gasteiger partial charge in [0.2, 0.25) is 0 Å². The molecule has 2 aliphatic heterocycles. The van der Waals surface area contributed by atoms with Crippen LogP contribution in [0.15, 0.2) is 0 Å². The molecule has 18 heavy (non-hydrogen) atoms. The summed E-state index contributed by atoms with van der Waals surface area (Å²) in [7, 11) is 2.37. The van der Waals surface area contributed by atoms with Crippen LogP contribution >= 0.6 is 0 Å². The van der Waals surface area contributed by atoms with Gasteiger partial charge < -0.3 is 5.73 Å². The second-order valence-electron chi connectivity index (χ2n) is 6.65. The molecule has 2 saturated heterocycles. The van der Waals surface area contributed by atoms with Crippen LogP contribution in [0.3, 0.4) is 0 Å². The minimum atomic E-state index is 0.290. The van der Waals surface area contributed by atoms with Gasteiger partial charge in [0.1, 0.15) is 0 Å². The van der Waals surface area contributed by atoms with Crippen molar-refractivity contribution in [2.24, 2.45) is 5.73 Å². The largest absolute Gasteiger partial charge is 0.329 e.